The summed E-state index contributed by atoms with van der Waals surface area (Å²) >= 11 is 0. The monoisotopic (exact) mass is 253 g/mol. The van der Waals surface area contributed by atoms with Gasteiger partial charge in [-0.2, -0.15) is 0 Å². The van der Waals surface area contributed by atoms with E-state index >= 15 is 0 Å². The minimum absolute atomic E-state index is 0.112. The second-order valence-corrected chi connectivity index (χ2v) is 3.78. The van der Waals surface area contributed by atoms with Gasteiger partial charge in [-0.05, 0) is 31.5 Å². The highest BCUT2D eigenvalue weighted by Gasteiger charge is 2.13. The molecule has 0 aliphatic rings. The number of carboxylic acids is 1. The number of carboxylic acid groups (broad SMARTS) is 1. The Balaban J connectivity index is 2.94. The first kappa shape index (κ1) is 14.3. The Morgan fingerprint density at radius 1 is 1.28 bits per heavy atom. The van der Waals surface area contributed by atoms with E-state index in [0.29, 0.717) is 24.7 Å². The van der Waals surface area contributed by atoms with E-state index in [2.05, 4.69) is 0 Å². The molecule has 0 saturated heterocycles. The molecule has 3 N–H and O–H groups in total. The molecule has 5 heteroatoms. The lowest BCUT2D eigenvalue weighted by Crippen LogP contribution is -2.15. The molecule has 0 bridgehead atoms. The van der Waals surface area contributed by atoms with Crippen molar-refractivity contribution in [3.8, 4) is 11.5 Å². The SMILES string of the molecule is CCOc1ccc(C(N)CC(=O)O)cc1OCC. The lowest BCUT2D eigenvalue weighted by atomic mass is 10.0. The largest absolute Gasteiger partial charge is 0.490 e. The highest BCUT2D eigenvalue weighted by molar-refractivity contribution is 5.68. The highest BCUT2D eigenvalue weighted by Crippen LogP contribution is 2.30. The van der Waals surface area contributed by atoms with Gasteiger partial charge in [-0.25, -0.2) is 0 Å². The topological polar surface area (TPSA) is 81.8 Å². The van der Waals surface area contributed by atoms with E-state index in [4.69, 9.17) is 20.3 Å². The maximum Gasteiger partial charge on any atom is 0.305 e. The summed E-state index contributed by atoms with van der Waals surface area (Å²) in [7, 11) is 0. The molecule has 0 aliphatic carbocycles. The molecule has 0 fully saturated rings. The molecule has 0 aromatic heterocycles. The molecule has 1 atom stereocenters. The molecule has 1 rings (SSSR count). The van der Waals surface area contributed by atoms with Crippen LogP contribution >= 0.6 is 0 Å². The fraction of sp³-hybridized carbons (Fsp3) is 0.462. The van der Waals surface area contributed by atoms with E-state index in [9.17, 15) is 4.79 Å². The number of hydrogen-bond acceptors (Lipinski definition) is 4. The Labute approximate surface area is 107 Å². The zero-order valence-corrected chi connectivity index (χ0v) is 10.7. The van der Waals surface area contributed by atoms with E-state index in [0.717, 1.165) is 5.56 Å². The molecule has 0 heterocycles. The van der Waals surface area contributed by atoms with Crippen molar-refractivity contribution in [2.75, 3.05) is 13.2 Å². The van der Waals surface area contributed by atoms with Crippen molar-refractivity contribution in [1.29, 1.82) is 0 Å². The summed E-state index contributed by atoms with van der Waals surface area (Å²) in [5, 5.41) is 8.72. The third-order valence-corrected chi connectivity index (χ3v) is 2.39. The van der Waals surface area contributed by atoms with Crippen LogP contribution in [0.3, 0.4) is 0 Å². The fourth-order valence-electron chi connectivity index (χ4n) is 1.60. The maximum absolute atomic E-state index is 10.6. The molecule has 18 heavy (non-hydrogen) atoms. The van der Waals surface area contributed by atoms with Crippen molar-refractivity contribution in [2.24, 2.45) is 5.73 Å². The molecule has 1 aromatic carbocycles. The number of aliphatic carboxylic acids is 1. The van der Waals surface area contributed by atoms with Gasteiger partial charge in [0.1, 0.15) is 0 Å². The van der Waals surface area contributed by atoms with Crippen molar-refractivity contribution in [2.45, 2.75) is 26.3 Å². The van der Waals surface area contributed by atoms with Crippen LogP contribution in [-0.2, 0) is 4.79 Å². The minimum Gasteiger partial charge on any atom is -0.490 e. The van der Waals surface area contributed by atoms with Crippen molar-refractivity contribution in [1.82, 2.24) is 0 Å². The number of hydrogen-bond donors (Lipinski definition) is 2. The predicted molar refractivity (Wildman–Crippen MR) is 68.0 cm³/mol. The molecule has 0 radical (unpaired) electrons. The predicted octanol–water partition coefficient (Wildman–Crippen LogP) is 1.96. The maximum atomic E-state index is 10.6. The third-order valence-electron chi connectivity index (χ3n) is 2.39. The van der Waals surface area contributed by atoms with Gasteiger partial charge in [-0.3, -0.25) is 4.79 Å². The molecular formula is C13H19NO4. The fourth-order valence-corrected chi connectivity index (χ4v) is 1.60. The molecule has 0 amide bonds. The van der Waals surface area contributed by atoms with Gasteiger partial charge in [0.05, 0.1) is 19.6 Å². The molecule has 5 nitrogen and oxygen atoms in total. The van der Waals surface area contributed by atoms with Crippen molar-refractivity contribution >= 4 is 5.97 Å². The van der Waals surface area contributed by atoms with Crippen LogP contribution < -0.4 is 15.2 Å². The van der Waals surface area contributed by atoms with Gasteiger partial charge in [0.2, 0.25) is 0 Å². The standard InChI is InChI=1S/C13H19NO4/c1-3-17-11-6-5-9(7-12(11)18-4-2)10(14)8-13(15)16/h5-7,10H,3-4,8,14H2,1-2H3,(H,15,16). The molecule has 100 valence electrons. The van der Waals surface area contributed by atoms with Crippen LogP contribution in [0.15, 0.2) is 18.2 Å². The summed E-state index contributed by atoms with van der Waals surface area (Å²) in [5.74, 6) is 0.317. The van der Waals surface area contributed by atoms with E-state index in [1.807, 2.05) is 13.8 Å². The van der Waals surface area contributed by atoms with Crippen LogP contribution in [-0.4, -0.2) is 24.3 Å². The summed E-state index contributed by atoms with van der Waals surface area (Å²) in [6.45, 7) is 4.82. The van der Waals surface area contributed by atoms with E-state index < -0.39 is 12.0 Å². The summed E-state index contributed by atoms with van der Waals surface area (Å²) in [6.07, 6.45) is -0.112. The third kappa shape index (κ3) is 3.92. The lowest BCUT2D eigenvalue weighted by Gasteiger charge is -2.15. The molecule has 0 aliphatic heterocycles. The Morgan fingerprint density at radius 3 is 2.44 bits per heavy atom. The van der Waals surface area contributed by atoms with E-state index in [1.165, 1.54) is 0 Å². The Kier molecular flexibility index (Phi) is 5.45. The zero-order chi connectivity index (χ0) is 13.5. The smallest absolute Gasteiger partial charge is 0.305 e. The Morgan fingerprint density at radius 2 is 1.89 bits per heavy atom. The van der Waals surface area contributed by atoms with Crippen molar-refractivity contribution in [3.63, 3.8) is 0 Å². The van der Waals surface area contributed by atoms with Crippen LogP contribution in [0.4, 0.5) is 0 Å². The molecule has 1 aromatic rings. The first-order chi connectivity index (χ1) is 8.58. The van der Waals surface area contributed by atoms with Gasteiger partial charge >= 0.3 is 5.97 Å². The van der Waals surface area contributed by atoms with Crippen LogP contribution in [0.25, 0.3) is 0 Å². The lowest BCUT2D eigenvalue weighted by molar-refractivity contribution is -0.137. The van der Waals surface area contributed by atoms with Crippen LogP contribution in [0, 0.1) is 0 Å². The number of nitrogens with two attached hydrogens (primary N) is 1. The Hall–Kier alpha value is -1.75. The number of rotatable bonds is 7. The normalized spacial score (nSPS) is 11.9. The zero-order valence-electron chi connectivity index (χ0n) is 10.7. The molecular weight excluding hydrogens is 234 g/mol. The molecule has 0 spiro atoms. The average Bonchev–Trinajstić information content (AvgIpc) is 2.31. The number of ether oxygens (including phenoxy) is 2. The van der Waals surface area contributed by atoms with Gasteiger partial charge in [-0.15, -0.1) is 0 Å². The van der Waals surface area contributed by atoms with Crippen LogP contribution in [0.1, 0.15) is 31.9 Å². The van der Waals surface area contributed by atoms with Gasteiger partial charge in [0.15, 0.2) is 11.5 Å². The molecule has 1 unspecified atom stereocenters. The quantitative estimate of drug-likeness (QED) is 0.776. The summed E-state index contributed by atoms with van der Waals surface area (Å²) in [4.78, 5) is 10.6. The van der Waals surface area contributed by atoms with E-state index in [1.54, 1.807) is 18.2 Å². The molecule has 0 saturated carbocycles. The van der Waals surface area contributed by atoms with Gasteiger partial charge in [0.25, 0.3) is 0 Å². The average molecular weight is 253 g/mol. The Bertz CT molecular complexity index is 406. The van der Waals surface area contributed by atoms with Gasteiger partial charge in [-0.1, -0.05) is 6.07 Å². The summed E-state index contributed by atoms with van der Waals surface area (Å²) in [5.41, 5.74) is 6.53. The highest BCUT2D eigenvalue weighted by atomic mass is 16.5. The second kappa shape index (κ2) is 6.86. The van der Waals surface area contributed by atoms with Crippen LogP contribution in [0.2, 0.25) is 0 Å². The number of benzene rings is 1. The summed E-state index contributed by atoms with van der Waals surface area (Å²) in [6, 6.07) is 4.71. The van der Waals surface area contributed by atoms with Gasteiger partial charge in [0, 0.05) is 6.04 Å². The minimum atomic E-state index is -0.922. The summed E-state index contributed by atoms with van der Waals surface area (Å²) < 4.78 is 10.9. The van der Waals surface area contributed by atoms with E-state index in [-0.39, 0.29) is 6.42 Å². The van der Waals surface area contributed by atoms with Crippen molar-refractivity contribution in [3.05, 3.63) is 23.8 Å². The number of carbonyl (C=O) groups is 1. The van der Waals surface area contributed by atoms with Crippen molar-refractivity contribution < 1.29 is 19.4 Å². The van der Waals surface area contributed by atoms with Crippen LogP contribution in [0.5, 0.6) is 11.5 Å². The van der Waals surface area contributed by atoms with Gasteiger partial charge < -0.3 is 20.3 Å². The second-order valence-electron chi connectivity index (χ2n) is 3.78. The first-order valence-electron chi connectivity index (χ1n) is 5.95. The first-order valence-corrected chi connectivity index (χ1v) is 5.95.